The molecule has 1 heterocycles. The van der Waals surface area contributed by atoms with E-state index in [0.29, 0.717) is 23.8 Å². The number of nitrogens with one attached hydrogen (secondary N) is 1. The Labute approximate surface area is 115 Å². The number of amides is 1. The number of hydrogen-bond acceptors (Lipinski definition) is 3. The Kier molecular flexibility index (Phi) is 4.58. The quantitative estimate of drug-likeness (QED) is 0.899. The molecule has 0 atom stereocenters. The van der Waals surface area contributed by atoms with Crippen molar-refractivity contribution in [2.75, 3.05) is 11.1 Å². The van der Waals surface area contributed by atoms with Gasteiger partial charge in [0.2, 0.25) is 5.91 Å². The van der Waals surface area contributed by atoms with Crippen molar-refractivity contribution in [1.82, 2.24) is 4.98 Å². The van der Waals surface area contributed by atoms with Crippen LogP contribution in [0.15, 0.2) is 16.7 Å². The summed E-state index contributed by atoms with van der Waals surface area (Å²) in [5.41, 5.74) is 6.18. The van der Waals surface area contributed by atoms with E-state index in [4.69, 9.17) is 5.73 Å². The number of nitrogens with zero attached hydrogens (tertiary/aromatic N) is 1. The highest BCUT2D eigenvalue weighted by Crippen LogP contribution is 2.27. The fourth-order valence-corrected chi connectivity index (χ4v) is 2.85. The van der Waals surface area contributed by atoms with Gasteiger partial charge in [0.15, 0.2) is 0 Å². The van der Waals surface area contributed by atoms with E-state index < -0.39 is 0 Å². The van der Waals surface area contributed by atoms with Crippen molar-refractivity contribution in [3.8, 4) is 0 Å². The predicted molar refractivity (Wildman–Crippen MR) is 76.2 cm³/mol. The van der Waals surface area contributed by atoms with Crippen molar-refractivity contribution in [1.29, 1.82) is 0 Å². The van der Waals surface area contributed by atoms with Crippen LogP contribution >= 0.6 is 15.9 Å². The van der Waals surface area contributed by atoms with Crippen molar-refractivity contribution in [2.45, 2.75) is 38.5 Å². The summed E-state index contributed by atoms with van der Waals surface area (Å²) in [6, 6.07) is 1.74. The fourth-order valence-electron chi connectivity index (χ4n) is 2.38. The summed E-state index contributed by atoms with van der Waals surface area (Å²) in [5.74, 6) is 1.12. The molecule has 0 radical (unpaired) electrons. The number of carbonyl (C=O) groups excluding carboxylic acids is 1. The van der Waals surface area contributed by atoms with Crippen LogP contribution in [0, 0.1) is 5.92 Å². The van der Waals surface area contributed by atoms with E-state index in [1.807, 2.05) is 0 Å². The topological polar surface area (TPSA) is 68.0 Å². The SMILES string of the molecule is Nc1cnc(NC(=O)CC2CCCCC2)c(Br)c1. The van der Waals surface area contributed by atoms with E-state index in [-0.39, 0.29) is 5.91 Å². The maximum Gasteiger partial charge on any atom is 0.225 e. The first-order chi connectivity index (χ1) is 8.65. The van der Waals surface area contributed by atoms with Crippen LogP contribution in [0.25, 0.3) is 0 Å². The van der Waals surface area contributed by atoms with Crippen molar-refractivity contribution in [2.24, 2.45) is 5.92 Å². The van der Waals surface area contributed by atoms with Gasteiger partial charge in [-0.15, -0.1) is 0 Å². The van der Waals surface area contributed by atoms with Gasteiger partial charge in [-0.25, -0.2) is 4.98 Å². The lowest BCUT2D eigenvalue weighted by atomic mass is 9.87. The van der Waals surface area contributed by atoms with Crippen LogP contribution in [0.2, 0.25) is 0 Å². The molecule has 0 unspecified atom stereocenters. The van der Waals surface area contributed by atoms with Crippen LogP contribution in [-0.4, -0.2) is 10.9 Å². The van der Waals surface area contributed by atoms with Crippen LogP contribution in [-0.2, 0) is 4.79 Å². The number of hydrogen-bond donors (Lipinski definition) is 2. The number of carbonyl (C=O) groups is 1. The Hall–Kier alpha value is -1.10. The summed E-state index contributed by atoms with van der Waals surface area (Å²) in [5, 5.41) is 2.83. The van der Waals surface area contributed by atoms with Gasteiger partial charge in [-0.2, -0.15) is 0 Å². The second-order valence-electron chi connectivity index (χ2n) is 4.86. The summed E-state index contributed by atoms with van der Waals surface area (Å²) in [4.78, 5) is 16.0. The molecule has 0 aromatic carbocycles. The Morgan fingerprint density at radius 1 is 1.44 bits per heavy atom. The molecule has 2 rings (SSSR count). The first kappa shape index (κ1) is 13.3. The zero-order chi connectivity index (χ0) is 13.0. The van der Waals surface area contributed by atoms with Gasteiger partial charge in [0.05, 0.1) is 16.4 Å². The molecule has 1 aliphatic rings. The molecule has 1 aromatic heterocycles. The monoisotopic (exact) mass is 311 g/mol. The lowest BCUT2D eigenvalue weighted by molar-refractivity contribution is -0.117. The Bertz CT molecular complexity index is 430. The largest absolute Gasteiger partial charge is 0.397 e. The molecule has 4 nitrogen and oxygen atoms in total. The first-order valence-electron chi connectivity index (χ1n) is 6.36. The normalized spacial score (nSPS) is 16.5. The molecule has 0 spiro atoms. The number of aromatic nitrogens is 1. The lowest BCUT2D eigenvalue weighted by Gasteiger charge is -2.20. The van der Waals surface area contributed by atoms with Crippen LogP contribution < -0.4 is 11.1 Å². The molecular formula is C13H18BrN3O. The fraction of sp³-hybridized carbons (Fsp3) is 0.538. The smallest absolute Gasteiger partial charge is 0.225 e. The van der Waals surface area contributed by atoms with Gasteiger partial charge in [0, 0.05) is 6.42 Å². The zero-order valence-electron chi connectivity index (χ0n) is 10.3. The Balaban J connectivity index is 1.90. The molecule has 0 saturated heterocycles. The van der Waals surface area contributed by atoms with Gasteiger partial charge in [0.1, 0.15) is 5.82 Å². The maximum atomic E-state index is 11.9. The summed E-state index contributed by atoms with van der Waals surface area (Å²) in [7, 11) is 0. The van der Waals surface area contributed by atoms with E-state index in [0.717, 1.165) is 4.47 Å². The minimum atomic E-state index is 0.0415. The van der Waals surface area contributed by atoms with Gasteiger partial charge in [-0.1, -0.05) is 19.3 Å². The molecule has 0 aliphatic heterocycles. The highest BCUT2D eigenvalue weighted by molar-refractivity contribution is 9.10. The first-order valence-corrected chi connectivity index (χ1v) is 7.15. The maximum absolute atomic E-state index is 11.9. The van der Waals surface area contributed by atoms with Gasteiger partial charge < -0.3 is 11.1 Å². The second-order valence-corrected chi connectivity index (χ2v) is 5.71. The standard InChI is InChI=1S/C13H18BrN3O/c14-11-7-10(15)8-16-13(11)17-12(18)6-9-4-2-1-3-5-9/h7-9H,1-6,15H2,(H,16,17,18). The number of nitrogen functional groups attached to an aromatic ring is 1. The highest BCUT2D eigenvalue weighted by atomic mass is 79.9. The molecule has 1 amide bonds. The summed E-state index contributed by atoms with van der Waals surface area (Å²) >= 11 is 3.34. The van der Waals surface area contributed by atoms with Crippen molar-refractivity contribution < 1.29 is 4.79 Å². The molecule has 1 fully saturated rings. The number of halogens is 1. The van der Waals surface area contributed by atoms with Gasteiger partial charge in [0.25, 0.3) is 0 Å². The lowest BCUT2D eigenvalue weighted by Crippen LogP contribution is -2.19. The van der Waals surface area contributed by atoms with Crippen molar-refractivity contribution in [3.63, 3.8) is 0 Å². The average molecular weight is 312 g/mol. The summed E-state index contributed by atoms with van der Waals surface area (Å²) < 4.78 is 0.722. The Morgan fingerprint density at radius 2 is 2.17 bits per heavy atom. The van der Waals surface area contributed by atoms with E-state index in [9.17, 15) is 4.79 Å². The molecule has 0 bridgehead atoms. The van der Waals surface area contributed by atoms with Crippen LogP contribution in [0.3, 0.4) is 0 Å². The minimum absolute atomic E-state index is 0.0415. The number of rotatable bonds is 3. The third-order valence-electron chi connectivity index (χ3n) is 3.32. The number of nitrogens with two attached hydrogens (primary N) is 1. The van der Waals surface area contributed by atoms with Gasteiger partial charge in [-0.3, -0.25) is 4.79 Å². The zero-order valence-corrected chi connectivity index (χ0v) is 11.9. The summed E-state index contributed by atoms with van der Waals surface area (Å²) in [6.07, 6.45) is 8.29. The number of pyridine rings is 1. The molecular weight excluding hydrogens is 294 g/mol. The molecule has 1 aromatic rings. The molecule has 18 heavy (non-hydrogen) atoms. The molecule has 98 valence electrons. The van der Waals surface area contributed by atoms with Crippen LogP contribution in [0.1, 0.15) is 38.5 Å². The van der Waals surface area contributed by atoms with E-state index in [1.54, 1.807) is 12.3 Å². The van der Waals surface area contributed by atoms with Crippen molar-refractivity contribution in [3.05, 3.63) is 16.7 Å². The minimum Gasteiger partial charge on any atom is -0.397 e. The van der Waals surface area contributed by atoms with Gasteiger partial charge >= 0.3 is 0 Å². The second kappa shape index (κ2) is 6.18. The molecule has 1 aliphatic carbocycles. The van der Waals surface area contributed by atoms with E-state index in [2.05, 4.69) is 26.2 Å². The Morgan fingerprint density at radius 3 is 2.83 bits per heavy atom. The van der Waals surface area contributed by atoms with Crippen LogP contribution in [0.5, 0.6) is 0 Å². The average Bonchev–Trinajstić information content (AvgIpc) is 2.34. The van der Waals surface area contributed by atoms with Crippen LogP contribution in [0.4, 0.5) is 11.5 Å². The summed E-state index contributed by atoms with van der Waals surface area (Å²) in [6.45, 7) is 0. The molecule has 3 N–H and O–H groups in total. The van der Waals surface area contributed by atoms with Crippen molar-refractivity contribution >= 4 is 33.3 Å². The van der Waals surface area contributed by atoms with Gasteiger partial charge in [-0.05, 0) is 40.8 Å². The third-order valence-corrected chi connectivity index (χ3v) is 3.92. The number of anilines is 2. The molecule has 1 saturated carbocycles. The third kappa shape index (κ3) is 3.70. The van der Waals surface area contributed by atoms with E-state index >= 15 is 0 Å². The molecule has 5 heteroatoms. The predicted octanol–water partition coefficient (Wildman–Crippen LogP) is 3.34. The highest BCUT2D eigenvalue weighted by Gasteiger charge is 2.17. The van der Waals surface area contributed by atoms with E-state index in [1.165, 1.54) is 32.1 Å².